The van der Waals surface area contributed by atoms with E-state index in [0.717, 1.165) is 3.79 Å². The lowest BCUT2D eigenvalue weighted by atomic mass is 10.2. The fraction of sp³-hybridized carbons (Fsp3) is 0.556. The summed E-state index contributed by atoms with van der Waals surface area (Å²) in [4.78, 5) is 0.179. The molecular formula is C9H13Br2NO4S2. The third-order valence-electron chi connectivity index (χ3n) is 2.08. The fourth-order valence-corrected chi connectivity index (χ4v) is 6.39. The maximum Gasteiger partial charge on any atom is 0.242 e. The van der Waals surface area contributed by atoms with Crippen LogP contribution in [0.3, 0.4) is 0 Å². The Labute approximate surface area is 127 Å². The van der Waals surface area contributed by atoms with Gasteiger partial charge in [-0.05, 0) is 44.3 Å². The van der Waals surface area contributed by atoms with Gasteiger partial charge in [-0.3, -0.25) is 0 Å². The van der Waals surface area contributed by atoms with Crippen LogP contribution in [0, 0.1) is 0 Å². The average Bonchev–Trinajstić information content (AvgIpc) is 2.59. The van der Waals surface area contributed by atoms with Gasteiger partial charge >= 0.3 is 0 Å². The zero-order valence-corrected chi connectivity index (χ0v) is 14.3. The first kappa shape index (κ1) is 16.5. The number of ether oxygens (including phenoxy) is 1. The molecule has 0 aliphatic carbocycles. The number of aliphatic hydroxyl groups is 1. The smallest absolute Gasteiger partial charge is 0.242 e. The molecule has 1 atom stereocenters. The largest absolute Gasteiger partial charge is 0.396 e. The Morgan fingerprint density at radius 3 is 2.67 bits per heavy atom. The number of rotatable bonds is 7. The lowest BCUT2D eigenvalue weighted by Gasteiger charge is -2.16. The molecule has 104 valence electrons. The summed E-state index contributed by atoms with van der Waals surface area (Å²) < 4.78 is 32.9. The summed E-state index contributed by atoms with van der Waals surface area (Å²) in [6.07, 6.45) is 0.302. The molecule has 0 aromatic carbocycles. The van der Waals surface area contributed by atoms with Crippen LogP contribution in [-0.2, 0) is 14.8 Å². The van der Waals surface area contributed by atoms with Gasteiger partial charge in [0.25, 0.3) is 0 Å². The van der Waals surface area contributed by atoms with Crippen molar-refractivity contribution in [2.75, 3.05) is 20.3 Å². The Morgan fingerprint density at radius 1 is 1.56 bits per heavy atom. The molecule has 1 unspecified atom stereocenters. The van der Waals surface area contributed by atoms with E-state index in [1.807, 2.05) is 0 Å². The van der Waals surface area contributed by atoms with E-state index in [1.165, 1.54) is 24.5 Å². The molecule has 0 saturated heterocycles. The normalized spacial score (nSPS) is 13.8. The number of sulfonamides is 1. The van der Waals surface area contributed by atoms with Crippen molar-refractivity contribution in [1.82, 2.24) is 4.72 Å². The van der Waals surface area contributed by atoms with Crippen molar-refractivity contribution < 1.29 is 18.3 Å². The Morgan fingerprint density at radius 2 is 2.22 bits per heavy atom. The van der Waals surface area contributed by atoms with Gasteiger partial charge in [-0.1, -0.05) is 0 Å². The Bertz CT molecular complexity index is 483. The summed E-state index contributed by atoms with van der Waals surface area (Å²) in [7, 11) is -2.14. The second kappa shape index (κ2) is 7.32. The van der Waals surface area contributed by atoms with Crippen molar-refractivity contribution in [1.29, 1.82) is 0 Å². The predicted molar refractivity (Wildman–Crippen MR) is 77.4 cm³/mol. The van der Waals surface area contributed by atoms with Crippen LogP contribution in [0.25, 0.3) is 0 Å². The minimum absolute atomic E-state index is 0.106. The Hall–Kier alpha value is 0.490. The lowest BCUT2D eigenvalue weighted by Crippen LogP contribution is -2.38. The third-order valence-corrected chi connectivity index (χ3v) is 6.36. The summed E-state index contributed by atoms with van der Waals surface area (Å²) in [5, 5.41) is 8.88. The minimum atomic E-state index is -3.62. The maximum atomic E-state index is 12.1. The monoisotopic (exact) mass is 421 g/mol. The van der Waals surface area contributed by atoms with Crippen LogP contribution in [0.5, 0.6) is 0 Å². The first-order valence-electron chi connectivity index (χ1n) is 4.97. The average molecular weight is 423 g/mol. The van der Waals surface area contributed by atoms with E-state index in [4.69, 9.17) is 9.84 Å². The Balaban J connectivity index is 2.89. The van der Waals surface area contributed by atoms with Crippen LogP contribution >= 0.6 is 43.2 Å². The van der Waals surface area contributed by atoms with Gasteiger partial charge in [0.1, 0.15) is 4.90 Å². The van der Waals surface area contributed by atoms with Gasteiger partial charge in [-0.15, -0.1) is 11.3 Å². The van der Waals surface area contributed by atoms with Crippen molar-refractivity contribution in [3.8, 4) is 0 Å². The number of halogens is 2. The van der Waals surface area contributed by atoms with Gasteiger partial charge in [0.2, 0.25) is 10.0 Å². The highest BCUT2D eigenvalue weighted by atomic mass is 79.9. The molecule has 0 bridgehead atoms. The van der Waals surface area contributed by atoms with E-state index in [9.17, 15) is 8.42 Å². The third kappa shape index (κ3) is 4.55. The van der Waals surface area contributed by atoms with E-state index in [0.29, 0.717) is 10.2 Å². The van der Waals surface area contributed by atoms with Gasteiger partial charge in [-0.2, -0.15) is 0 Å². The van der Waals surface area contributed by atoms with Crippen molar-refractivity contribution >= 4 is 53.2 Å². The summed E-state index contributed by atoms with van der Waals surface area (Å²) in [6, 6.07) is 1.08. The fourth-order valence-electron chi connectivity index (χ4n) is 1.32. The predicted octanol–water partition coefficient (Wildman–Crippen LogP) is 1.95. The molecule has 5 nitrogen and oxygen atoms in total. The molecule has 0 fully saturated rings. The van der Waals surface area contributed by atoms with Crippen LogP contribution in [0.2, 0.25) is 0 Å². The van der Waals surface area contributed by atoms with Crippen molar-refractivity contribution in [2.24, 2.45) is 0 Å². The van der Waals surface area contributed by atoms with Gasteiger partial charge in [0.15, 0.2) is 0 Å². The number of hydrogen-bond donors (Lipinski definition) is 2. The van der Waals surface area contributed by atoms with Gasteiger partial charge in [-0.25, -0.2) is 13.1 Å². The second-order valence-corrected chi connectivity index (χ2v) is 8.91. The zero-order valence-electron chi connectivity index (χ0n) is 9.52. The SMILES string of the molecule is COCC(CCO)NS(=O)(=O)c1cc(Br)sc1Br. The summed E-state index contributed by atoms with van der Waals surface area (Å²) in [5.41, 5.74) is 0. The van der Waals surface area contributed by atoms with Crippen LogP contribution in [0.15, 0.2) is 18.5 Å². The highest BCUT2D eigenvalue weighted by Gasteiger charge is 2.24. The summed E-state index contributed by atoms with van der Waals surface area (Å²) >= 11 is 7.73. The highest BCUT2D eigenvalue weighted by Crippen LogP contribution is 2.34. The molecule has 0 saturated carbocycles. The number of aliphatic hydroxyl groups excluding tert-OH is 1. The van der Waals surface area contributed by atoms with Crippen LogP contribution in [-0.4, -0.2) is 39.9 Å². The molecule has 0 aliphatic rings. The first-order chi connectivity index (χ1) is 8.40. The van der Waals surface area contributed by atoms with Crippen LogP contribution in [0.4, 0.5) is 0 Å². The lowest BCUT2D eigenvalue weighted by molar-refractivity contribution is 0.158. The number of thiophene rings is 1. The zero-order chi connectivity index (χ0) is 13.8. The minimum Gasteiger partial charge on any atom is -0.396 e. The van der Waals surface area contributed by atoms with Gasteiger partial charge in [0.05, 0.1) is 14.2 Å². The van der Waals surface area contributed by atoms with Gasteiger partial charge in [0, 0.05) is 19.8 Å². The van der Waals surface area contributed by atoms with Crippen molar-refractivity contribution in [3.05, 3.63) is 13.6 Å². The van der Waals surface area contributed by atoms with Gasteiger partial charge < -0.3 is 9.84 Å². The molecule has 0 radical (unpaired) electrons. The van der Waals surface area contributed by atoms with E-state index in [-0.39, 0.29) is 18.1 Å². The summed E-state index contributed by atoms with van der Waals surface area (Å²) in [5.74, 6) is 0. The topological polar surface area (TPSA) is 75.6 Å². The van der Waals surface area contributed by atoms with Crippen LogP contribution in [0.1, 0.15) is 6.42 Å². The van der Waals surface area contributed by atoms with Crippen LogP contribution < -0.4 is 4.72 Å². The molecule has 0 spiro atoms. The molecule has 2 N–H and O–H groups in total. The van der Waals surface area contributed by atoms with Crippen molar-refractivity contribution in [2.45, 2.75) is 17.4 Å². The van der Waals surface area contributed by atoms with E-state index in [2.05, 4.69) is 36.6 Å². The Kier molecular flexibility index (Phi) is 6.73. The second-order valence-electron chi connectivity index (χ2n) is 3.47. The molecule has 1 aromatic heterocycles. The van der Waals surface area contributed by atoms with E-state index < -0.39 is 16.1 Å². The number of methoxy groups -OCH3 is 1. The molecule has 0 aliphatic heterocycles. The number of nitrogens with one attached hydrogen (secondary N) is 1. The molecule has 1 heterocycles. The standard InChI is InChI=1S/C9H13Br2NO4S2/c1-16-5-6(2-3-13)12-18(14,15)7-4-8(10)17-9(7)11/h4,6,12-13H,2-3,5H2,1H3. The molecular weight excluding hydrogens is 410 g/mol. The maximum absolute atomic E-state index is 12.1. The number of hydrogen-bond acceptors (Lipinski definition) is 5. The van der Waals surface area contributed by atoms with Crippen molar-refractivity contribution in [3.63, 3.8) is 0 Å². The highest BCUT2D eigenvalue weighted by molar-refractivity contribution is 9.12. The molecule has 18 heavy (non-hydrogen) atoms. The summed E-state index contributed by atoms with van der Waals surface area (Å²) in [6.45, 7) is 0.105. The first-order valence-corrected chi connectivity index (χ1v) is 8.86. The van der Waals surface area contributed by atoms with E-state index >= 15 is 0 Å². The quantitative estimate of drug-likeness (QED) is 0.704. The van der Waals surface area contributed by atoms with E-state index in [1.54, 1.807) is 0 Å². The molecule has 1 rings (SSSR count). The molecule has 9 heteroatoms. The molecule has 0 amide bonds. The molecule has 1 aromatic rings.